The van der Waals surface area contributed by atoms with Gasteiger partial charge in [0.2, 0.25) is 5.91 Å². The SMILES string of the molecule is N[C@@H]1CCN(C(=O)CC[C@H](N)C(=O)O)[C@@H]1C(=O)O. The molecule has 8 heteroatoms. The summed E-state index contributed by atoms with van der Waals surface area (Å²) in [4.78, 5) is 34.4. The summed E-state index contributed by atoms with van der Waals surface area (Å²) in [5, 5.41) is 17.6. The van der Waals surface area contributed by atoms with Crippen LogP contribution in [0.15, 0.2) is 0 Å². The van der Waals surface area contributed by atoms with Crippen molar-refractivity contribution in [3.63, 3.8) is 0 Å². The fourth-order valence-corrected chi connectivity index (χ4v) is 1.96. The highest BCUT2D eigenvalue weighted by Crippen LogP contribution is 2.18. The number of carbonyl (C=O) groups excluding carboxylic acids is 1. The Bertz CT molecular complexity index is 359. The molecule has 0 aromatic rings. The summed E-state index contributed by atoms with van der Waals surface area (Å²) < 4.78 is 0. The maximum atomic E-state index is 11.8. The molecule has 1 rings (SSSR count). The second-order valence-corrected chi connectivity index (χ2v) is 4.31. The highest BCUT2D eigenvalue weighted by Gasteiger charge is 2.39. The molecular formula is C10H17N3O5. The smallest absolute Gasteiger partial charge is 0.328 e. The van der Waals surface area contributed by atoms with Crippen LogP contribution in [0.25, 0.3) is 0 Å². The van der Waals surface area contributed by atoms with Crippen molar-refractivity contribution in [3.05, 3.63) is 0 Å². The van der Waals surface area contributed by atoms with Crippen molar-refractivity contribution in [2.75, 3.05) is 6.54 Å². The van der Waals surface area contributed by atoms with Crippen LogP contribution in [0, 0.1) is 0 Å². The number of hydrogen-bond acceptors (Lipinski definition) is 5. The van der Waals surface area contributed by atoms with Gasteiger partial charge >= 0.3 is 11.9 Å². The number of hydrogen-bond donors (Lipinski definition) is 4. The first-order valence-electron chi connectivity index (χ1n) is 5.61. The van der Waals surface area contributed by atoms with Crippen molar-refractivity contribution in [2.24, 2.45) is 11.5 Å². The van der Waals surface area contributed by atoms with Gasteiger partial charge in [0.25, 0.3) is 0 Å². The van der Waals surface area contributed by atoms with Gasteiger partial charge in [0.1, 0.15) is 12.1 Å². The third-order valence-corrected chi connectivity index (χ3v) is 3.00. The van der Waals surface area contributed by atoms with Crippen molar-refractivity contribution < 1.29 is 24.6 Å². The first-order chi connectivity index (χ1) is 8.34. The Balaban J connectivity index is 2.56. The molecule has 1 heterocycles. The van der Waals surface area contributed by atoms with Crippen LogP contribution < -0.4 is 11.5 Å². The lowest BCUT2D eigenvalue weighted by molar-refractivity contribution is -0.149. The van der Waals surface area contributed by atoms with Crippen molar-refractivity contribution in [1.82, 2.24) is 4.90 Å². The molecule has 8 nitrogen and oxygen atoms in total. The lowest BCUT2D eigenvalue weighted by atomic mass is 10.1. The molecule has 0 unspecified atom stereocenters. The monoisotopic (exact) mass is 259 g/mol. The summed E-state index contributed by atoms with van der Waals surface area (Å²) in [7, 11) is 0. The Labute approximate surface area is 104 Å². The molecule has 18 heavy (non-hydrogen) atoms. The van der Waals surface area contributed by atoms with E-state index < -0.39 is 36.0 Å². The molecule has 1 aliphatic heterocycles. The molecule has 1 fully saturated rings. The number of carboxylic acid groups (broad SMARTS) is 2. The molecule has 0 aromatic heterocycles. The molecule has 0 bridgehead atoms. The van der Waals surface area contributed by atoms with Gasteiger partial charge in [-0.1, -0.05) is 0 Å². The van der Waals surface area contributed by atoms with E-state index in [1.165, 1.54) is 4.90 Å². The maximum absolute atomic E-state index is 11.8. The van der Waals surface area contributed by atoms with E-state index in [1.807, 2.05) is 0 Å². The van der Waals surface area contributed by atoms with Crippen LogP contribution in [0.1, 0.15) is 19.3 Å². The van der Waals surface area contributed by atoms with Crippen LogP contribution >= 0.6 is 0 Å². The molecule has 0 saturated carbocycles. The second-order valence-electron chi connectivity index (χ2n) is 4.31. The fraction of sp³-hybridized carbons (Fsp3) is 0.700. The molecule has 3 atom stereocenters. The Hall–Kier alpha value is -1.67. The third kappa shape index (κ3) is 3.17. The minimum Gasteiger partial charge on any atom is -0.480 e. The minimum absolute atomic E-state index is 0.0216. The molecule has 0 radical (unpaired) electrons. The van der Waals surface area contributed by atoms with E-state index in [-0.39, 0.29) is 19.4 Å². The van der Waals surface area contributed by atoms with E-state index in [0.717, 1.165) is 0 Å². The largest absolute Gasteiger partial charge is 0.480 e. The summed E-state index contributed by atoms with van der Waals surface area (Å²) >= 11 is 0. The predicted octanol–water partition coefficient (Wildman–Crippen LogP) is -1.81. The Kier molecular flexibility index (Phi) is 4.62. The van der Waals surface area contributed by atoms with E-state index in [1.54, 1.807) is 0 Å². The first-order valence-corrected chi connectivity index (χ1v) is 5.61. The van der Waals surface area contributed by atoms with Crippen LogP contribution in [-0.2, 0) is 14.4 Å². The number of likely N-dealkylation sites (tertiary alicyclic amines) is 1. The molecular weight excluding hydrogens is 242 g/mol. The standard InChI is InChI=1S/C10H17N3O5/c11-5-3-4-13(8(5)10(17)18)7(14)2-1-6(12)9(15)16/h5-6,8H,1-4,11-12H2,(H,15,16)(H,17,18)/t5-,6+,8+/m1/s1. The van der Waals surface area contributed by atoms with Crippen LogP contribution in [0.5, 0.6) is 0 Å². The first kappa shape index (κ1) is 14.4. The van der Waals surface area contributed by atoms with E-state index in [4.69, 9.17) is 21.7 Å². The minimum atomic E-state index is -1.18. The molecule has 0 spiro atoms. The van der Waals surface area contributed by atoms with E-state index in [0.29, 0.717) is 6.42 Å². The van der Waals surface area contributed by atoms with Gasteiger partial charge in [-0.2, -0.15) is 0 Å². The summed E-state index contributed by atoms with van der Waals surface area (Å²) in [5.41, 5.74) is 10.9. The predicted molar refractivity (Wildman–Crippen MR) is 60.6 cm³/mol. The zero-order valence-corrected chi connectivity index (χ0v) is 9.78. The van der Waals surface area contributed by atoms with Crippen LogP contribution in [0.4, 0.5) is 0 Å². The van der Waals surface area contributed by atoms with Gasteiger partial charge in [0.15, 0.2) is 0 Å². The molecule has 0 aliphatic carbocycles. The third-order valence-electron chi connectivity index (χ3n) is 3.00. The summed E-state index contributed by atoms with van der Waals surface area (Å²) in [6, 6.07) is -2.73. The van der Waals surface area contributed by atoms with E-state index in [2.05, 4.69) is 0 Å². The highest BCUT2D eigenvalue weighted by molar-refractivity contribution is 5.85. The van der Waals surface area contributed by atoms with Crippen molar-refractivity contribution >= 4 is 17.8 Å². The molecule has 6 N–H and O–H groups in total. The molecule has 1 aliphatic rings. The zero-order valence-electron chi connectivity index (χ0n) is 9.78. The quantitative estimate of drug-likeness (QED) is 0.455. The van der Waals surface area contributed by atoms with Crippen molar-refractivity contribution in [3.8, 4) is 0 Å². The van der Waals surface area contributed by atoms with Gasteiger partial charge in [-0.3, -0.25) is 9.59 Å². The lowest BCUT2D eigenvalue weighted by Crippen LogP contribution is -2.48. The Morgan fingerprint density at radius 1 is 1.33 bits per heavy atom. The van der Waals surface area contributed by atoms with Gasteiger partial charge in [0, 0.05) is 19.0 Å². The average Bonchev–Trinajstić information content (AvgIpc) is 2.67. The van der Waals surface area contributed by atoms with Crippen LogP contribution in [-0.4, -0.2) is 57.6 Å². The van der Waals surface area contributed by atoms with Gasteiger partial charge in [0.05, 0.1) is 0 Å². The Morgan fingerprint density at radius 2 is 1.94 bits per heavy atom. The summed E-state index contributed by atoms with van der Waals surface area (Å²) in [5.74, 6) is -2.75. The zero-order chi connectivity index (χ0) is 13.9. The maximum Gasteiger partial charge on any atom is 0.328 e. The molecule has 0 aromatic carbocycles. The number of rotatable bonds is 5. The number of aliphatic carboxylic acids is 2. The number of amides is 1. The van der Waals surface area contributed by atoms with E-state index in [9.17, 15) is 14.4 Å². The second kappa shape index (κ2) is 5.78. The van der Waals surface area contributed by atoms with Gasteiger partial charge in [-0.15, -0.1) is 0 Å². The molecule has 1 amide bonds. The average molecular weight is 259 g/mol. The van der Waals surface area contributed by atoms with E-state index >= 15 is 0 Å². The summed E-state index contributed by atoms with van der Waals surface area (Å²) in [6.07, 6.45) is 0.309. The van der Waals surface area contributed by atoms with Gasteiger partial charge < -0.3 is 26.6 Å². The fourth-order valence-electron chi connectivity index (χ4n) is 1.96. The number of carbonyl (C=O) groups is 3. The molecule has 1 saturated heterocycles. The van der Waals surface area contributed by atoms with Crippen LogP contribution in [0.2, 0.25) is 0 Å². The topological polar surface area (TPSA) is 147 Å². The normalized spacial score (nSPS) is 24.9. The number of nitrogens with two attached hydrogens (primary N) is 2. The summed E-state index contributed by atoms with van der Waals surface area (Å²) in [6.45, 7) is 0.277. The lowest BCUT2D eigenvalue weighted by Gasteiger charge is -2.23. The van der Waals surface area contributed by atoms with Gasteiger partial charge in [-0.25, -0.2) is 4.79 Å². The van der Waals surface area contributed by atoms with Crippen molar-refractivity contribution in [1.29, 1.82) is 0 Å². The number of nitrogens with zero attached hydrogens (tertiary/aromatic N) is 1. The van der Waals surface area contributed by atoms with Gasteiger partial charge in [-0.05, 0) is 12.8 Å². The molecule has 102 valence electrons. The number of carboxylic acids is 2. The van der Waals surface area contributed by atoms with Crippen molar-refractivity contribution in [2.45, 2.75) is 37.4 Å². The van der Waals surface area contributed by atoms with Crippen LogP contribution in [0.3, 0.4) is 0 Å². The highest BCUT2D eigenvalue weighted by atomic mass is 16.4. The Morgan fingerprint density at radius 3 is 2.44 bits per heavy atom.